The zero-order valence-electron chi connectivity index (χ0n) is 21.6. The lowest BCUT2D eigenvalue weighted by molar-refractivity contribution is 0.221. The number of H-pyrrole nitrogens is 1. The average molecular weight is 494 g/mol. The maximum Gasteiger partial charge on any atom is 0.174 e. The van der Waals surface area contributed by atoms with Crippen LogP contribution in [0.5, 0.6) is 5.75 Å². The summed E-state index contributed by atoms with van der Waals surface area (Å²) in [4.78, 5) is 10.5. The van der Waals surface area contributed by atoms with E-state index in [0.717, 1.165) is 47.0 Å². The SMILES string of the molecule is CC(C)COc1ccc(Cl)cc1Cc1ccc(-c2nc3ccc(CN(C)CC(C)(C)C)cc3[nH]2)o1. The number of ether oxygens (including phenoxy) is 1. The zero-order chi connectivity index (χ0) is 25.2. The van der Waals surface area contributed by atoms with E-state index in [4.69, 9.17) is 25.7 Å². The van der Waals surface area contributed by atoms with Crippen molar-refractivity contribution in [3.8, 4) is 17.3 Å². The summed E-state index contributed by atoms with van der Waals surface area (Å²) in [5.41, 5.74) is 4.48. The molecule has 0 radical (unpaired) electrons. The zero-order valence-corrected chi connectivity index (χ0v) is 22.4. The Morgan fingerprint density at radius 2 is 1.89 bits per heavy atom. The maximum atomic E-state index is 6.26. The van der Waals surface area contributed by atoms with Crippen molar-refractivity contribution in [2.45, 2.75) is 47.6 Å². The van der Waals surface area contributed by atoms with E-state index in [1.807, 2.05) is 30.3 Å². The smallest absolute Gasteiger partial charge is 0.174 e. The van der Waals surface area contributed by atoms with E-state index in [-0.39, 0.29) is 5.41 Å². The molecule has 0 aliphatic carbocycles. The molecule has 0 unspecified atom stereocenters. The standard InChI is InChI=1S/C29H36ClN3O2/c1-19(2)17-34-26-11-8-22(30)14-21(26)15-23-9-12-27(35-23)28-31-24-10-7-20(13-25(24)32-28)16-33(6)18-29(3,4)5/h7-14,19H,15-18H2,1-6H3,(H,31,32). The molecule has 0 saturated carbocycles. The molecule has 0 aliphatic heterocycles. The molecule has 35 heavy (non-hydrogen) atoms. The first kappa shape index (κ1) is 25.3. The van der Waals surface area contributed by atoms with Crippen LogP contribution in [0, 0.1) is 11.3 Å². The molecule has 4 aromatic rings. The Balaban J connectivity index is 1.50. The predicted octanol–water partition coefficient (Wildman–Crippen LogP) is 7.58. The maximum absolute atomic E-state index is 6.26. The molecule has 0 spiro atoms. The minimum absolute atomic E-state index is 0.267. The van der Waals surface area contributed by atoms with E-state index in [2.05, 4.69) is 69.7 Å². The van der Waals surface area contributed by atoms with E-state index in [9.17, 15) is 0 Å². The number of aromatic nitrogens is 2. The Labute approximate surface area is 213 Å². The quantitative estimate of drug-likeness (QED) is 0.261. The van der Waals surface area contributed by atoms with Crippen molar-refractivity contribution < 1.29 is 9.15 Å². The van der Waals surface area contributed by atoms with Crippen LogP contribution in [0.4, 0.5) is 0 Å². The van der Waals surface area contributed by atoms with Crippen LogP contribution in [0.1, 0.15) is 51.5 Å². The van der Waals surface area contributed by atoms with Crippen LogP contribution in [0.15, 0.2) is 52.9 Å². The number of hydrogen-bond acceptors (Lipinski definition) is 4. The van der Waals surface area contributed by atoms with Crippen LogP contribution in [0.25, 0.3) is 22.6 Å². The van der Waals surface area contributed by atoms with E-state index in [1.54, 1.807) is 0 Å². The summed E-state index contributed by atoms with van der Waals surface area (Å²) in [5.74, 6) is 3.57. The molecule has 0 saturated heterocycles. The molecule has 2 heterocycles. The van der Waals surface area contributed by atoms with Gasteiger partial charge in [-0.05, 0) is 66.4 Å². The number of rotatable bonds is 9. The van der Waals surface area contributed by atoms with E-state index in [1.165, 1.54) is 5.56 Å². The highest BCUT2D eigenvalue weighted by Gasteiger charge is 2.16. The molecule has 0 aliphatic rings. The number of aromatic amines is 1. The minimum Gasteiger partial charge on any atom is -0.493 e. The monoisotopic (exact) mass is 493 g/mol. The fourth-order valence-electron chi connectivity index (χ4n) is 4.32. The average Bonchev–Trinajstić information content (AvgIpc) is 3.38. The fourth-order valence-corrected chi connectivity index (χ4v) is 4.52. The predicted molar refractivity (Wildman–Crippen MR) is 144 cm³/mol. The molecule has 2 aromatic carbocycles. The van der Waals surface area contributed by atoms with Gasteiger partial charge in [-0.25, -0.2) is 4.98 Å². The lowest BCUT2D eigenvalue weighted by Crippen LogP contribution is -2.28. The second kappa shape index (κ2) is 10.5. The van der Waals surface area contributed by atoms with Crippen molar-refractivity contribution in [2.75, 3.05) is 20.2 Å². The van der Waals surface area contributed by atoms with Gasteiger partial charge < -0.3 is 19.0 Å². The van der Waals surface area contributed by atoms with Gasteiger partial charge in [0.1, 0.15) is 11.5 Å². The summed E-state index contributed by atoms with van der Waals surface area (Å²) in [7, 11) is 2.16. The van der Waals surface area contributed by atoms with Gasteiger partial charge in [0.15, 0.2) is 11.6 Å². The molecule has 1 N–H and O–H groups in total. The lowest BCUT2D eigenvalue weighted by atomic mass is 9.96. The summed E-state index contributed by atoms with van der Waals surface area (Å²) in [6.45, 7) is 13.6. The van der Waals surface area contributed by atoms with Crippen molar-refractivity contribution in [2.24, 2.45) is 11.3 Å². The normalized spacial score (nSPS) is 12.3. The van der Waals surface area contributed by atoms with Crippen LogP contribution in [-0.2, 0) is 13.0 Å². The van der Waals surface area contributed by atoms with Gasteiger partial charge >= 0.3 is 0 Å². The molecular weight excluding hydrogens is 458 g/mol. The third kappa shape index (κ3) is 6.89. The van der Waals surface area contributed by atoms with Crippen LogP contribution in [0.3, 0.4) is 0 Å². The molecular formula is C29H36ClN3O2. The highest BCUT2D eigenvalue weighted by Crippen LogP contribution is 2.29. The second-order valence-corrected chi connectivity index (χ2v) is 11.5. The van der Waals surface area contributed by atoms with Gasteiger partial charge in [-0.15, -0.1) is 0 Å². The lowest BCUT2D eigenvalue weighted by Gasteiger charge is -2.26. The summed E-state index contributed by atoms with van der Waals surface area (Å²) in [5, 5.41) is 0.685. The van der Waals surface area contributed by atoms with Gasteiger partial charge in [0.05, 0.1) is 17.6 Å². The number of imidazole rings is 1. The Kier molecular flexibility index (Phi) is 7.58. The first-order chi connectivity index (χ1) is 16.6. The van der Waals surface area contributed by atoms with E-state index in [0.29, 0.717) is 29.7 Å². The first-order valence-corrected chi connectivity index (χ1v) is 12.6. The Hall–Kier alpha value is -2.76. The second-order valence-electron chi connectivity index (χ2n) is 11.1. The third-order valence-corrected chi connectivity index (χ3v) is 5.83. The number of fused-ring (bicyclic) bond motifs is 1. The van der Waals surface area contributed by atoms with Crippen molar-refractivity contribution in [3.05, 3.63) is 70.4 Å². The van der Waals surface area contributed by atoms with Gasteiger partial charge in [0.2, 0.25) is 0 Å². The Morgan fingerprint density at radius 1 is 1.09 bits per heavy atom. The molecule has 186 valence electrons. The van der Waals surface area contributed by atoms with Crippen molar-refractivity contribution in [3.63, 3.8) is 0 Å². The van der Waals surface area contributed by atoms with Crippen molar-refractivity contribution >= 4 is 22.6 Å². The molecule has 2 aromatic heterocycles. The summed E-state index contributed by atoms with van der Waals surface area (Å²) >= 11 is 6.26. The summed E-state index contributed by atoms with van der Waals surface area (Å²) in [6.07, 6.45) is 0.596. The topological polar surface area (TPSA) is 54.3 Å². The van der Waals surface area contributed by atoms with Gasteiger partial charge in [-0.3, -0.25) is 0 Å². The number of hydrogen-bond donors (Lipinski definition) is 1. The number of halogens is 1. The minimum atomic E-state index is 0.267. The highest BCUT2D eigenvalue weighted by molar-refractivity contribution is 6.30. The Morgan fingerprint density at radius 3 is 2.63 bits per heavy atom. The number of furan rings is 1. The van der Waals surface area contributed by atoms with E-state index >= 15 is 0 Å². The number of nitrogens with one attached hydrogen (secondary N) is 1. The largest absolute Gasteiger partial charge is 0.493 e. The van der Waals surface area contributed by atoms with Crippen LogP contribution in [0.2, 0.25) is 5.02 Å². The van der Waals surface area contributed by atoms with Crippen molar-refractivity contribution in [1.29, 1.82) is 0 Å². The van der Waals surface area contributed by atoms with Crippen LogP contribution in [-0.4, -0.2) is 35.1 Å². The van der Waals surface area contributed by atoms with Gasteiger partial charge in [-0.1, -0.05) is 52.3 Å². The molecule has 5 nitrogen and oxygen atoms in total. The molecule has 0 bridgehead atoms. The molecule has 6 heteroatoms. The molecule has 4 rings (SSSR count). The van der Waals surface area contributed by atoms with Crippen molar-refractivity contribution in [1.82, 2.24) is 14.9 Å². The third-order valence-electron chi connectivity index (χ3n) is 5.60. The molecule has 0 amide bonds. The van der Waals surface area contributed by atoms with E-state index < -0.39 is 0 Å². The fraction of sp³-hybridized carbons (Fsp3) is 0.414. The number of nitrogens with zero attached hydrogens (tertiary/aromatic N) is 2. The Bertz CT molecular complexity index is 1280. The van der Waals surface area contributed by atoms with Crippen LogP contribution < -0.4 is 4.74 Å². The summed E-state index contributed by atoms with van der Waals surface area (Å²) < 4.78 is 12.2. The highest BCUT2D eigenvalue weighted by atomic mass is 35.5. The summed E-state index contributed by atoms with van der Waals surface area (Å²) in [6, 6.07) is 16.1. The van der Waals surface area contributed by atoms with Gasteiger partial charge in [0.25, 0.3) is 0 Å². The first-order valence-electron chi connectivity index (χ1n) is 12.2. The molecule has 0 atom stereocenters. The van der Waals surface area contributed by atoms with Crippen LogP contribution >= 0.6 is 11.6 Å². The van der Waals surface area contributed by atoms with Gasteiger partial charge in [0, 0.05) is 30.1 Å². The van der Waals surface area contributed by atoms with Gasteiger partial charge in [-0.2, -0.15) is 0 Å². The molecule has 0 fully saturated rings. The number of benzene rings is 2.